The highest BCUT2D eigenvalue weighted by molar-refractivity contribution is 6.18. The molecule has 94 valence electrons. The molecule has 1 N–H and O–H groups in total. The van der Waals surface area contributed by atoms with E-state index in [9.17, 15) is 0 Å². The summed E-state index contributed by atoms with van der Waals surface area (Å²) in [7, 11) is 0. The van der Waals surface area contributed by atoms with Crippen LogP contribution in [0.5, 0.6) is 0 Å². The van der Waals surface area contributed by atoms with Gasteiger partial charge in [0.1, 0.15) is 0 Å². The molecule has 1 aromatic carbocycles. The maximum absolute atomic E-state index is 6.12. The molecule has 0 bridgehead atoms. The van der Waals surface area contributed by atoms with E-state index in [1.165, 1.54) is 31.2 Å². The third-order valence-corrected chi connectivity index (χ3v) is 4.45. The van der Waals surface area contributed by atoms with Crippen LogP contribution >= 0.6 is 11.6 Å². The monoisotopic (exact) mass is 251 g/mol. The maximum atomic E-state index is 6.12. The van der Waals surface area contributed by atoms with Crippen LogP contribution in [0.4, 0.5) is 0 Å². The van der Waals surface area contributed by atoms with Crippen molar-refractivity contribution in [2.24, 2.45) is 5.41 Å². The van der Waals surface area contributed by atoms with Crippen molar-refractivity contribution in [3.63, 3.8) is 0 Å². The summed E-state index contributed by atoms with van der Waals surface area (Å²) in [4.78, 5) is 0. The zero-order chi connectivity index (χ0) is 12.0. The number of halogens is 1. The molecule has 0 amide bonds. The third kappa shape index (κ3) is 3.72. The van der Waals surface area contributed by atoms with Gasteiger partial charge in [0, 0.05) is 12.4 Å². The van der Waals surface area contributed by atoms with Crippen LogP contribution in [0, 0.1) is 5.41 Å². The number of rotatable bonds is 6. The molecule has 1 fully saturated rings. The van der Waals surface area contributed by atoms with Crippen LogP contribution in [0.15, 0.2) is 30.3 Å². The number of hydrogen-bond donors (Lipinski definition) is 1. The van der Waals surface area contributed by atoms with Gasteiger partial charge in [-0.2, -0.15) is 0 Å². The molecule has 1 nitrogen and oxygen atoms in total. The first kappa shape index (κ1) is 12.9. The van der Waals surface area contributed by atoms with Gasteiger partial charge in [0.25, 0.3) is 0 Å². The van der Waals surface area contributed by atoms with E-state index in [-0.39, 0.29) is 0 Å². The second-order valence-electron chi connectivity index (χ2n) is 5.25. The second-order valence-corrected chi connectivity index (χ2v) is 5.52. The first-order valence-corrected chi connectivity index (χ1v) is 7.19. The Morgan fingerprint density at radius 1 is 1.12 bits per heavy atom. The van der Waals surface area contributed by atoms with E-state index in [0.29, 0.717) is 5.41 Å². The summed E-state index contributed by atoms with van der Waals surface area (Å²) in [5.41, 5.74) is 1.80. The van der Waals surface area contributed by atoms with E-state index in [2.05, 4.69) is 35.6 Å². The van der Waals surface area contributed by atoms with Crippen molar-refractivity contribution in [3.8, 4) is 0 Å². The molecular formula is C15H22ClN. The van der Waals surface area contributed by atoms with E-state index in [4.69, 9.17) is 11.6 Å². The summed E-state index contributed by atoms with van der Waals surface area (Å²) < 4.78 is 0. The van der Waals surface area contributed by atoms with Gasteiger partial charge >= 0.3 is 0 Å². The van der Waals surface area contributed by atoms with E-state index in [1.54, 1.807) is 0 Å². The normalized spacial score (nSPS) is 18.4. The standard InChI is InChI=1S/C15H22ClN/c16-12-15(9-4-5-10-15)13-17-11-8-14-6-2-1-3-7-14/h1-3,6-7,17H,4-5,8-13H2. The quantitative estimate of drug-likeness (QED) is 0.602. The molecule has 0 aromatic heterocycles. The Kier molecular flexibility index (Phi) is 4.87. The molecule has 2 heteroatoms. The molecule has 2 rings (SSSR count). The smallest absolute Gasteiger partial charge is 0.0292 e. The Hall–Kier alpha value is -0.530. The fraction of sp³-hybridized carbons (Fsp3) is 0.600. The van der Waals surface area contributed by atoms with Crippen LogP contribution in [0.2, 0.25) is 0 Å². The Morgan fingerprint density at radius 2 is 1.82 bits per heavy atom. The average Bonchev–Trinajstić information content (AvgIpc) is 2.85. The van der Waals surface area contributed by atoms with Crippen molar-refractivity contribution in [2.75, 3.05) is 19.0 Å². The van der Waals surface area contributed by atoms with Gasteiger partial charge in [0.15, 0.2) is 0 Å². The van der Waals surface area contributed by atoms with E-state index in [1.807, 2.05) is 0 Å². The fourth-order valence-electron chi connectivity index (χ4n) is 2.71. The first-order chi connectivity index (χ1) is 8.35. The number of benzene rings is 1. The predicted molar refractivity (Wildman–Crippen MR) is 74.6 cm³/mol. The molecule has 1 aliphatic rings. The molecule has 0 aliphatic heterocycles. The molecule has 0 atom stereocenters. The molecule has 17 heavy (non-hydrogen) atoms. The molecule has 0 saturated heterocycles. The Labute approximate surface area is 110 Å². The molecule has 1 saturated carbocycles. The third-order valence-electron chi connectivity index (χ3n) is 3.88. The number of alkyl halides is 1. The highest BCUT2D eigenvalue weighted by atomic mass is 35.5. The number of hydrogen-bond acceptors (Lipinski definition) is 1. The zero-order valence-corrected chi connectivity index (χ0v) is 11.2. The van der Waals surface area contributed by atoms with Crippen LogP contribution in [0.3, 0.4) is 0 Å². The Morgan fingerprint density at radius 3 is 2.47 bits per heavy atom. The van der Waals surface area contributed by atoms with Crippen LogP contribution in [-0.4, -0.2) is 19.0 Å². The van der Waals surface area contributed by atoms with Crippen LogP contribution in [-0.2, 0) is 6.42 Å². The van der Waals surface area contributed by atoms with Gasteiger partial charge in [-0.3, -0.25) is 0 Å². The summed E-state index contributed by atoms with van der Waals surface area (Å²) in [6, 6.07) is 10.7. The van der Waals surface area contributed by atoms with Gasteiger partial charge in [-0.15, -0.1) is 11.6 Å². The first-order valence-electron chi connectivity index (χ1n) is 6.65. The summed E-state index contributed by atoms with van der Waals surface area (Å²) in [5, 5.41) is 3.58. The lowest BCUT2D eigenvalue weighted by Gasteiger charge is -2.26. The lowest BCUT2D eigenvalue weighted by Crippen LogP contribution is -2.34. The highest BCUT2D eigenvalue weighted by Gasteiger charge is 2.32. The lowest BCUT2D eigenvalue weighted by atomic mass is 9.88. The molecule has 0 spiro atoms. The number of nitrogens with one attached hydrogen (secondary N) is 1. The van der Waals surface area contributed by atoms with Crippen molar-refractivity contribution in [2.45, 2.75) is 32.1 Å². The van der Waals surface area contributed by atoms with Crippen LogP contribution in [0.1, 0.15) is 31.2 Å². The van der Waals surface area contributed by atoms with Crippen molar-refractivity contribution in [1.82, 2.24) is 5.32 Å². The van der Waals surface area contributed by atoms with Gasteiger partial charge in [-0.25, -0.2) is 0 Å². The van der Waals surface area contributed by atoms with Gasteiger partial charge in [0.05, 0.1) is 0 Å². The highest BCUT2D eigenvalue weighted by Crippen LogP contribution is 2.38. The van der Waals surface area contributed by atoms with E-state index < -0.39 is 0 Å². The molecule has 1 aromatic rings. The molecule has 0 heterocycles. The summed E-state index contributed by atoms with van der Waals surface area (Å²) in [6.07, 6.45) is 6.42. The zero-order valence-electron chi connectivity index (χ0n) is 10.4. The SMILES string of the molecule is ClCC1(CNCCc2ccccc2)CCCC1. The molecule has 1 aliphatic carbocycles. The second kappa shape index (κ2) is 6.42. The molecule has 0 radical (unpaired) electrons. The molecular weight excluding hydrogens is 230 g/mol. The maximum Gasteiger partial charge on any atom is 0.0292 e. The predicted octanol–water partition coefficient (Wildman–Crippen LogP) is 3.62. The Bertz CT molecular complexity index is 317. The minimum Gasteiger partial charge on any atom is -0.316 e. The van der Waals surface area contributed by atoms with Crippen molar-refractivity contribution >= 4 is 11.6 Å². The van der Waals surface area contributed by atoms with E-state index in [0.717, 1.165) is 25.4 Å². The largest absolute Gasteiger partial charge is 0.316 e. The van der Waals surface area contributed by atoms with Crippen molar-refractivity contribution < 1.29 is 0 Å². The summed E-state index contributed by atoms with van der Waals surface area (Å²) in [5.74, 6) is 0.811. The van der Waals surface area contributed by atoms with Crippen molar-refractivity contribution in [1.29, 1.82) is 0 Å². The van der Waals surface area contributed by atoms with Gasteiger partial charge < -0.3 is 5.32 Å². The average molecular weight is 252 g/mol. The summed E-state index contributed by atoms with van der Waals surface area (Å²) in [6.45, 7) is 2.14. The van der Waals surface area contributed by atoms with Gasteiger partial charge in [-0.1, -0.05) is 43.2 Å². The fourth-order valence-corrected chi connectivity index (χ4v) is 3.08. The minimum absolute atomic E-state index is 0.387. The minimum atomic E-state index is 0.387. The van der Waals surface area contributed by atoms with Crippen LogP contribution < -0.4 is 5.32 Å². The van der Waals surface area contributed by atoms with Gasteiger partial charge in [-0.05, 0) is 36.8 Å². The Balaban J connectivity index is 1.69. The van der Waals surface area contributed by atoms with E-state index >= 15 is 0 Å². The topological polar surface area (TPSA) is 12.0 Å². The van der Waals surface area contributed by atoms with Crippen LogP contribution in [0.25, 0.3) is 0 Å². The lowest BCUT2D eigenvalue weighted by molar-refractivity contribution is 0.322. The van der Waals surface area contributed by atoms with Gasteiger partial charge in [0.2, 0.25) is 0 Å². The van der Waals surface area contributed by atoms with Crippen molar-refractivity contribution in [3.05, 3.63) is 35.9 Å². The molecule has 0 unspecified atom stereocenters. The summed E-state index contributed by atoms with van der Waals surface area (Å²) >= 11 is 6.12.